The van der Waals surface area contributed by atoms with Crippen LogP contribution in [-0.4, -0.2) is 72.9 Å². The number of alkyl carbamates (subject to hydrolysis) is 2. The number of hydrogen-bond acceptors (Lipinski definition) is 8. The molecule has 12 heteroatoms. The number of amides is 4. The van der Waals surface area contributed by atoms with Crippen molar-refractivity contribution in [1.29, 1.82) is 0 Å². The second-order valence-corrected chi connectivity index (χ2v) is 11.3. The van der Waals surface area contributed by atoms with Crippen LogP contribution < -0.4 is 16.0 Å². The summed E-state index contributed by atoms with van der Waals surface area (Å²) in [7, 11) is 1.61. The van der Waals surface area contributed by atoms with Gasteiger partial charge < -0.3 is 24.4 Å². The number of likely N-dealkylation sites (N-methyl/N-ethyl adjacent to an activating group) is 1. The van der Waals surface area contributed by atoms with Crippen LogP contribution in [0.4, 0.5) is 14.4 Å². The van der Waals surface area contributed by atoms with Gasteiger partial charge in [0, 0.05) is 32.6 Å². The first-order valence-corrected chi connectivity index (χ1v) is 13.3. The van der Waals surface area contributed by atoms with Crippen LogP contribution in [0, 0.1) is 5.92 Å². The second kappa shape index (κ2) is 16.3. The van der Waals surface area contributed by atoms with Gasteiger partial charge in [0.15, 0.2) is 0 Å². The Bertz CT molecular complexity index is 969. The maximum Gasteiger partial charge on any atom is 0.414 e. The minimum atomic E-state index is -0.774. The SMILES string of the molecule is C[C@@H](CCCN=C(NC(=O)OC(C)(C)C)NC(=O)OC(C)(C)C)C(=O)NCCN(C)C(=O)OCc1ccccc1. The Balaban J connectivity index is 2.48. The maximum atomic E-state index is 12.5. The quantitative estimate of drug-likeness (QED) is 0.167. The predicted octanol–water partition coefficient (Wildman–Crippen LogP) is 4.19. The summed E-state index contributed by atoms with van der Waals surface area (Å²) in [6, 6.07) is 9.37. The molecule has 0 heterocycles. The van der Waals surface area contributed by atoms with Crippen molar-refractivity contribution in [2.45, 2.75) is 79.1 Å². The average molecular weight is 564 g/mol. The highest BCUT2D eigenvalue weighted by Gasteiger charge is 2.21. The van der Waals surface area contributed by atoms with E-state index in [9.17, 15) is 19.2 Å². The first-order chi connectivity index (χ1) is 18.6. The Morgan fingerprint density at radius 3 is 2.00 bits per heavy atom. The molecule has 1 rings (SSSR count). The zero-order valence-electron chi connectivity index (χ0n) is 25.0. The van der Waals surface area contributed by atoms with Crippen LogP contribution >= 0.6 is 0 Å². The van der Waals surface area contributed by atoms with Gasteiger partial charge in [0.05, 0.1) is 0 Å². The van der Waals surface area contributed by atoms with Crippen LogP contribution in [0.3, 0.4) is 0 Å². The molecule has 0 saturated heterocycles. The van der Waals surface area contributed by atoms with Gasteiger partial charge in [-0.05, 0) is 59.9 Å². The highest BCUT2D eigenvalue weighted by molar-refractivity contribution is 6.01. The van der Waals surface area contributed by atoms with E-state index in [2.05, 4.69) is 20.9 Å². The normalized spacial score (nSPS) is 11.9. The molecule has 0 unspecified atom stereocenters. The zero-order valence-corrected chi connectivity index (χ0v) is 25.0. The molecule has 1 aromatic rings. The van der Waals surface area contributed by atoms with Gasteiger partial charge in [-0.25, -0.2) is 14.4 Å². The van der Waals surface area contributed by atoms with Crippen LogP contribution in [0.1, 0.15) is 66.9 Å². The van der Waals surface area contributed by atoms with Crippen molar-refractivity contribution in [2.75, 3.05) is 26.7 Å². The molecule has 3 N–H and O–H groups in total. The summed E-state index contributed by atoms with van der Waals surface area (Å²) in [6.45, 7) is 13.1. The Hall–Kier alpha value is -3.83. The van der Waals surface area contributed by atoms with Gasteiger partial charge in [0.2, 0.25) is 11.9 Å². The Labute approximate surface area is 237 Å². The molecule has 0 aliphatic heterocycles. The zero-order chi connectivity index (χ0) is 30.3. The molecule has 0 saturated carbocycles. The van der Waals surface area contributed by atoms with Gasteiger partial charge in [-0.15, -0.1) is 0 Å². The fourth-order valence-corrected chi connectivity index (χ4v) is 3.07. The third-order valence-electron chi connectivity index (χ3n) is 5.01. The summed E-state index contributed by atoms with van der Waals surface area (Å²) < 4.78 is 15.7. The fraction of sp³-hybridized carbons (Fsp3) is 0.607. The molecule has 0 radical (unpaired) electrons. The molecular weight excluding hydrogens is 518 g/mol. The number of benzene rings is 1. The maximum absolute atomic E-state index is 12.5. The molecule has 12 nitrogen and oxygen atoms in total. The first-order valence-electron chi connectivity index (χ1n) is 13.3. The number of ether oxygens (including phenoxy) is 3. The third-order valence-corrected chi connectivity index (χ3v) is 5.01. The smallest absolute Gasteiger partial charge is 0.414 e. The van der Waals surface area contributed by atoms with E-state index in [0.717, 1.165) is 5.56 Å². The Kier molecular flexibility index (Phi) is 13.9. The molecule has 0 bridgehead atoms. The van der Waals surface area contributed by atoms with E-state index in [0.29, 0.717) is 19.4 Å². The van der Waals surface area contributed by atoms with E-state index < -0.39 is 29.5 Å². The number of hydrogen-bond donors (Lipinski definition) is 3. The van der Waals surface area contributed by atoms with E-state index >= 15 is 0 Å². The fourth-order valence-electron chi connectivity index (χ4n) is 3.07. The molecule has 0 aliphatic carbocycles. The summed E-state index contributed by atoms with van der Waals surface area (Å²) in [4.78, 5) is 54.6. The third kappa shape index (κ3) is 16.2. The van der Waals surface area contributed by atoms with Crippen LogP contribution in [0.2, 0.25) is 0 Å². The van der Waals surface area contributed by atoms with Gasteiger partial charge in [0.1, 0.15) is 17.8 Å². The van der Waals surface area contributed by atoms with Crippen molar-refractivity contribution < 1.29 is 33.4 Å². The largest absolute Gasteiger partial charge is 0.445 e. The van der Waals surface area contributed by atoms with Crippen LogP contribution in [-0.2, 0) is 25.6 Å². The minimum Gasteiger partial charge on any atom is -0.445 e. The summed E-state index contributed by atoms with van der Waals surface area (Å²) in [5.74, 6) is -0.580. The van der Waals surface area contributed by atoms with Gasteiger partial charge >= 0.3 is 18.3 Å². The highest BCUT2D eigenvalue weighted by atomic mass is 16.6. The van der Waals surface area contributed by atoms with Crippen molar-refractivity contribution in [3.63, 3.8) is 0 Å². The molecule has 1 atom stereocenters. The first kappa shape index (κ1) is 34.2. The van der Waals surface area contributed by atoms with Gasteiger partial charge in [-0.2, -0.15) is 0 Å². The second-order valence-electron chi connectivity index (χ2n) is 11.3. The predicted molar refractivity (Wildman–Crippen MR) is 152 cm³/mol. The molecule has 4 amide bonds. The molecular formula is C28H45N5O7. The standard InChI is InChI=1S/C28H45N5O7/c1-20(22(34)29-17-18-33(8)26(37)38-19-21-14-10-9-11-15-21)13-12-16-30-23(31-24(35)39-27(2,3)4)32-25(36)40-28(5,6)7/h9-11,14-15,20H,12-13,16-19H2,1-8H3,(H,29,34)(H2,30,31,32,35,36)/t20-/m0/s1. The number of carbonyl (C=O) groups excluding carboxylic acids is 4. The van der Waals surface area contributed by atoms with Gasteiger partial charge in [0.25, 0.3) is 0 Å². The Morgan fingerprint density at radius 2 is 1.48 bits per heavy atom. The van der Waals surface area contributed by atoms with Crippen molar-refractivity contribution in [3.8, 4) is 0 Å². The monoisotopic (exact) mass is 563 g/mol. The van der Waals surface area contributed by atoms with Gasteiger partial charge in [-0.1, -0.05) is 37.3 Å². The van der Waals surface area contributed by atoms with E-state index in [1.165, 1.54) is 4.90 Å². The van der Waals surface area contributed by atoms with Crippen molar-refractivity contribution in [1.82, 2.24) is 20.9 Å². The highest BCUT2D eigenvalue weighted by Crippen LogP contribution is 2.09. The molecule has 40 heavy (non-hydrogen) atoms. The lowest BCUT2D eigenvalue weighted by Gasteiger charge is -2.22. The van der Waals surface area contributed by atoms with Crippen LogP contribution in [0.5, 0.6) is 0 Å². The summed E-state index contributed by atoms with van der Waals surface area (Å²) in [5.41, 5.74) is -0.577. The molecule has 224 valence electrons. The Morgan fingerprint density at radius 1 is 0.925 bits per heavy atom. The summed E-state index contributed by atoms with van der Waals surface area (Å²) in [6.07, 6.45) is -1.00. The molecule has 0 aromatic heterocycles. The van der Waals surface area contributed by atoms with Crippen molar-refractivity contribution in [3.05, 3.63) is 35.9 Å². The van der Waals surface area contributed by atoms with Crippen LogP contribution in [0.15, 0.2) is 35.3 Å². The molecule has 0 fully saturated rings. The lowest BCUT2D eigenvalue weighted by Crippen LogP contribution is -2.47. The summed E-state index contributed by atoms with van der Waals surface area (Å²) in [5, 5.41) is 7.66. The van der Waals surface area contributed by atoms with Gasteiger partial charge in [-0.3, -0.25) is 20.4 Å². The summed E-state index contributed by atoms with van der Waals surface area (Å²) >= 11 is 0. The van der Waals surface area contributed by atoms with Crippen molar-refractivity contribution >= 4 is 30.1 Å². The lowest BCUT2D eigenvalue weighted by atomic mass is 10.1. The molecule has 0 aliphatic rings. The van der Waals surface area contributed by atoms with E-state index in [1.54, 1.807) is 55.5 Å². The number of rotatable bonds is 10. The number of nitrogens with one attached hydrogen (secondary N) is 3. The van der Waals surface area contributed by atoms with E-state index in [-0.39, 0.29) is 37.5 Å². The topological polar surface area (TPSA) is 148 Å². The van der Waals surface area contributed by atoms with Crippen LogP contribution in [0.25, 0.3) is 0 Å². The number of nitrogens with zero attached hydrogens (tertiary/aromatic N) is 2. The minimum absolute atomic E-state index is 0.109. The van der Waals surface area contributed by atoms with Crippen molar-refractivity contribution in [2.24, 2.45) is 10.9 Å². The van der Waals surface area contributed by atoms with E-state index in [4.69, 9.17) is 14.2 Å². The average Bonchev–Trinajstić information content (AvgIpc) is 2.82. The number of aliphatic imine (C=N–C) groups is 1. The number of guanidine groups is 1. The van der Waals surface area contributed by atoms with E-state index in [1.807, 2.05) is 30.3 Å². The lowest BCUT2D eigenvalue weighted by molar-refractivity contribution is -0.124. The molecule has 1 aromatic carbocycles. The number of carbonyl (C=O) groups is 4. The molecule has 0 spiro atoms.